The lowest BCUT2D eigenvalue weighted by Gasteiger charge is -2.02. The van der Waals surface area contributed by atoms with Crippen LogP contribution in [0.15, 0.2) is 51.8 Å². The zero-order valence-corrected chi connectivity index (χ0v) is 15.4. The molecule has 1 amide bonds. The van der Waals surface area contributed by atoms with Crippen LogP contribution >= 0.6 is 11.8 Å². The number of rotatable bonds is 6. The van der Waals surface area contributed by atoms with Crippen molar-refractivity contribution in [3.63, 3.8) is 0 Å². The number of carbonyl (C=O) groups excluding carboxylic acids is 1. The predicted octanol–water partition coefficient (Wildman–Crippen LogP) is 3.75. The Hall–Kier alpha value is -3.00. The number of carbonyl (C=O) groups is 1. The highest BCUT2D eigenvalue weighted by Crippen LogP contribution is 2.32. The van der Waals surface area contributed by atoms with Crippen molar-refractivity contribution in [3.05, 3.63) is 59.5 Å². The third kappa shape index (κ3) is 4.06. The molecule has 0 atom stereocenters. The molecular weight excluding hydrogens is 366 g/mol. The molecule has 1 N–H and O–H groups in total. The Morgan fingerprint density at radius 3 is 2.74 bits per heavy atom. The molecule has 0 aliphatic carbocycles. The Bertz CT molecular complexity index is 956. The first-order chi connectivity index (χ1) is 13.2. The third-order valence-corrected chi connectivity index (χ3v) is 4.81. The molecule has 1 aromatic heterocycles. The van der Waals surface area contributed by atoms with Gasteiger partial charge in [0.25, 0.3) is 5.91 Å². The van der Waals surface area contributed by atoms with Crippen molar-refractivity contribution in [1.82, 2.24) is 10.2 Å². The molecule has 138 valence electrons. The second kappa shape index (κ2) is 7.71. The highest BCUT2D eigenvalue weighted by atomic mass is 32.2. The van der Waals surface area contributed by atoms with Crippen molar-refractivity contribution in [3.8, 4) is 11.5 Å². The molecule has 0 unspecified atom stereocenters. The quantitative estimate of drug-likeness (QED) is 0.649. The standard InChI is InChI=1S/C19H17N3O4S/c1-2-27-14-6-3-12(4-7-14)9-17-21-22-19(26-17)20-18(23)13-5-8-15-16(10-13)25-11-24-15/h3-8,10H,2,9,11H2,1H3,(H,20,22,23). The van der Waals surface area contributed by atoms with E-state index in [1.54, 1.807) is 30.0 Å². The monoisotopic (exact) mass is 383 g/mol. The Morgan fingerprint density at radius 1 is 1.11 bits per heavy atom. The van der Waals surface area contributed by atoms with E-state index < -0.39 is 0 Å². The maximum Gasteiger partial charge on any atom is 0.322 e. The van der Waals surface area contributed by atoms with Crippen LogP contribution in [-0.2, 0) is 6.42 Å². The first-order valence-electron chi connectivity index (χ1n) is 8.46. The van der Waals surface area contributed by atoms with Crippen LogP contribution in [0, 0.1) is 0 Å². The summed E-state index contributed by atoms with van der Waals surface area (Å²) < 4.78 is 16.0. The van der Waals surface area contributed by atoms with Crippen LogP contribution in [0.4, 0.5) is 6.01 Å². The number of aromatic nitrogens is 2. The summed E-state index contributed by atoms with van der Waals surface area (Å²) in [5, 5.41) is 10.5. The summed E-state index contributed by atoms with van der Waals surface area (Å²) in [7, 11) is 0. The van der Waals surface area contributed by atoms with E-state index in [0.29, 0.717) is 29.4 Å². The molecule has 0 saturated carbocycles. The maximum absolute atomic E-state index is 12.3. The summed E-state index contributed by atoms with van der Waals surface area (Å²) in [5.74, 6) is 2.28. The zero-order valence-electron chi connectivity index (χ0n) is 14.6. The van der Waals surface area contributed by atoms with Crippen molar-refractivity contribution in [2.45, 2.75) is 18.2 Å². The van der Waals surface area contributed by atoms with Gasteiger partial charge in [-0.05, 0) is 41.6 Å². The average molecular weight is 383 g/mol. The summed E-state index contributed by atoms with van der Waals surface area (Å²) >= 11 is 1.79. The van der Waals surface area contributed by atoms with E-state index in [2.05, 4.69) is 34.6 Å². The zero-order chi connectivity index (χ0) is 18.6. The number of hydrogen-bond donors (Lipinski definition) is 1. The summed E-state index contributed by atoms with van der Waals surface area (Å²) in [4.78, 5) is 13.6. The minimum absolute atomic E-state index is 0.0609. The largest absolute Gasteiger partial charge is 0.454 e. The van der Waals surface area contributed by atoms with Crippen LogP contribution in [0.25, 0.3) is 0 Å². The number of ether oxygens (including phenoxy) is 2. The summed E-state index contributed by atoms with van der Waals surface area (Å²) in [5.41, 5.74) is 1.48. The third-order valence-electron chi connectivity index (χ3n) is 3.91. The fourth-order valence-corrected chi connectivity index (χ4v) is 3.29. The number of hydrogen-bond acceptors (Lipinski definition) is 7. The maximum atomic E-state index is 12.3. The number of fused-ring (bicyclic) bond motifs is 1. The van der Waals surface area contributed by atoms with Gasteiger partial charge in [-0.2, -0.15) is 0 Å². The van der Waals surface area contributed by atoms with E-state index in [0.717, 1.165) is 11.3 Å². The Morgan fingerprint density at radius 2 is 1.93 bits per heavy atom. The molecule has 2 aromatic carbocycles. The van der Waals surface area contributed by atoms with E-state index in [-0.39, 0.29) is 18.7 Å². The van der Waals surface area contributed by atoms with Crippen LogP contribution in [0.5, 0.6) is 11.5 Å². The first kappa shape index (κ1) is 17.4. The molecule has 3 aromatic rings. The number of amides is 1. The van der Waals surface area contributed by atoms with Crippen molar-refractivity contribution in [2.75, 3.05) is 17.9 Å². The molecule has 8 heteroatoms. The normalized spacial score (nSPS) is 12.2. The predicted molar refractivity (Wildman–Crippen MR) is 100 cm³/mol. The van der Waals surface area contributed by atoms with Crippen molar-refractivity contribution in [1.29, 1.82) is 0 Å². The highest BCUT2D eigenvalue weighted by molar-refractivity contribution is 7.99. The Kier molecular flexibility index (Phi) is 4.97. The van der Waals surface area contributed by atoms with E-state index in [9.17, 15) is 4.79 Å². The second-order valence-electron chi connectivity index (χ2n) is 5.78. The van der Waals surface area contributed by atoms with Gasteiger partial charge in [0.2, 0.25) is 12.7 Å². The molecule has 0 fully saturated rings. The first-order valence-corrected chi connectivity index (χ1v) is 9.45. The van der Waals surface area contributed by atoms with Gasteiger partial charge in [-0.25, -0.2) is 0 Å². The van der Waals surface area contributed by atoms with Crippen LogP contribution in [0.2, 0.25) is 0 Å². The van der Waals surface area contributed by atoms with Gasteiger partial charge in [0.1, 0.15) is 0 Å². The van der Waals surface area contributed by atoms with Crippen LogP contribution in [0.3, 0.4) is 0 Å². The molecule has 0 bridgehead atoms. The molecule has 27 heavy (non-hydrogen) atoms. The smallest absolute Gasteiger partial charge is 0.322 e. The molecule has 1 aliphatic heterocycles. The molecule has 0 radical (unpaired) electrons. The number of benzene rings is 2. The number of nitrogens with one attached hydrogen (secondary N) is 1. The number of nitrogens with zero attached hydrogens (tertiary/aromatic N) is 2. The fraction of sp³-hybridized carbons (Fsp3) is 0.211. The molecule has 1 aliphatic rings. The Labute approximate surface area is 160 Å². The minimum Gasteiger partial charge on any atom is -0.454 e. The van der Waals surface area contributed by atoms with Gasteiger partial charge < -0.3 is 13.9 Å². The molecular formula is C19H17N3O4S. The SMILES string of the molecule is CCSc1ccc(Cc2nnc(NC(=O)c3ccc4c(c3)OCO4)o2)cc1. The van der Waals surface area contributed by atoms with Gasteiger partial charge in [0, 0.05) is 10.5 Å². The van der Waals surface area contributed by atoms with Crippen molar-refractivity contribution >= 4 is 23.7 Å². The van der Waals surface area contributed by atoms with E-state index in [1.165, 1.54) is 4.90 Å². The van der Waals surface area contributed by atoms with Crippen LogP contribution in [-0.4, -0.2) is 28.7 Å². The highest BCUT2D eigenvalue weighted by Gasteiger charge is 2.17. The number of anilines is 1. The van der Waals surface area contributed by atoms with E-state index in [1.807, 2.05) is 12.1 Å². The van der Waals surface area contributed by atoms with Gasteiger partial charge >= 0.3 is 6.01 Å². The van der Waals surface area contributed by atoms with Crippen LogP contribution < -0.4 is 14.8 Å². The lowest BCUT2D eigenvalue weighted by Crippen LogP contribution is -2.12. The molecule has 4 rings (SSSR count). The fourth-order valence-electron chi connectivity index (χ4n) is 2.63. The van der Waals surface area contributed by atoms with Gasteiger partial charge in [-0.1, -0.05) is 24.2 Å². The molecule has 0 saturated heterocycles. The summed E-state index contributed by atoms with van der Waals surface area (Å²) in [6.07, 6.45) is 0.504. The van der Waals surface area contributed by atoms with Gasteiger partial charge in [-0.15, -0.1) is 16.9 Å². The summed E-state index contributed by atoms with van der Waals surface area (Å²) in [6, 6.07) is 13.2. The van der Waals surface area contributed by atoms with Crippen molar-refractivity contribution < 1.29 is 18.7 Å². The topological polar surface area (TPSA) is 86.5 Å². The van der Waals surface area contributed by atoms with Gasteiger partial charge in [0.15, 0.2) is 11.5 Å². The lowest BCUT2D eigenvalue weighted by molar-refractivity contribution is 0.102. The molecule has 7 nitrogen and oxygen atoms in total. The van der Waals surface area contributed by atoms with Crippen LogP contribution in [0.1, 0.15) is 28.7 Å². The second-order valence-corrected chi connectivity index (χ2v) is 7.11. The average Bonchev–Trinajstić information content (AvgIpc) is 3.32. The lowest BCUT2D eigenvalue weighted by atomic mass is 10.1. The summed E-state index contributed by atoms with van der Waals surface area (Å²) in [6.45, 7) is 2.28. The number of thioether (sulfide) groups is 1. The van der Waals surface area contributed by atoms with Gasteiger partial charge in [0.05, 0.1) is 6.42 Å². The van der Waals surface area contributed by atoms with E-state index >= 15 is 0 Å². The van der Waals surface area contributed by atoms with E-state index in [4.69, 9.17) is 13.9 Å². The molecule has 0 spiro atoms. The van der Waals surface area contributed by atoms with Crippen molar-refractivity contribution in [2.24, 2.45) is 0 Å². The van der Waals surface area contributed by atoms with Gasteiger partial charge in [-0.3, -0.25) is 10.1 Å². The Balaban J connectivity index is 1.39. The minimum atomic E-state index is -0.357. The molecule has 2 heterocycles.